The molecule has 1 aliphatic heterocycles. The maximum absolute atomic E-state index is 10.8. The molecule has 1 aromatic heterocycles. The van der Waals surface area contributed by atoms with Crippen molar-refractivity contribution in [2.75, 3.05) is 0 Å². The Hall–Kier alpha value is -2.02. The first-order valence-electron chi connectivity index (χ1n) is 6.88. The lowest BCUT2D eigenvalue weighted by Gasteiger charge is -2.30. The lowest BCUT2D eigenvalue weighted by Crippen LogP contribution is -2.37. The Morgan fingerprint density at radius 1 is 1.39 bits per heavy atom. The van der Waals surface area contributed by atoms with Gasteiger partial charge in [0.25, 0.3) is 0 Å². The normalized spacial score (nSPS) is 18.1. The number of aromatic amines is 1. The van der Waals surface area contributed by atoms with Crippen LogP contribution in [-0.2, 0) is 16.2 Å². The molecule has 2 aromatic rings. The molecule has 120 valence electrons. The van der Waals surface area contributed by atoms with Crippen LogP contribution in [0.5, 0.6) is 0 Å². The quantitative estimate of drug-likeness (QED) is 0.834. The fourth-order valence-corrected chi connectivity index (χ4v) is 2.89. The van der Waals surface area contributed by atoms with Gasteiger partial charge in [0.15, 0.2) is 0 Å². The minimum Gasteiger partial charge on any atom is -0.347 e. The van der Waals surface area contributed by atoms with E-state index in [1.807, 2.05) is 18.0 Å². The predicted molar refractivity (Wildman–Crippen MR) is 86.1 cm³/mol. The van der Waals surface area contributed by atoms with E-state index in [1.54, 1.807) is 30.7 Å². The van der Waals surface area contributed by atoms with Crippen molar-refractivity contribution in [2.45, 2.75) is 19.5 Å². The van der Waals surface area contributed by atoms with Gasteiger partial charge in [-0.25, -0.2) is 4.98 Å². The van der Waals surface area contributed by atoms with Crippen molar-refractivity contribution < 1.29 is 9.63 Å². The van der Waals surface area contributed by atoms with E-state index in [2.05, 4.69) is 9.97 Å². The molecule has 1 N–H and O–H groups in total. The number of hydroxylamine groups is 1. The molecule has 0 radical (unpaired) electrons. The average molecular weight is 353 g/mol. The van der Waals surface area contributed by atoms with Crippen LogP contribution in [0.3, 0.4) is 0 Å². The number of aromatic nitrogens is 2. The molecule has 6 nitrogen and oxygen atoms in total. The van der Waals surface area contributed by atoms with Gasteiger partial charge in [-0.05, 0) is 30.2 Å². The summed E-state index contributed by atoms with van der Waals surface area (Å²) >= 11 is 12.0. The summed E-state index contributed by atoms with van der Waals surface area (Å²) in [6.07, 6.45) is 5.19. The standard InChI is InChI=1S/C15H14Cl2N4O2/c1-10-7-21(23-9-22)20(14(10)15-18-4-5-19-15)8-11-2-3-12(16)13(17)6-11/h2-7,9,14H,8H2,1H3,(H,18,19). The van der Waals surface area contributed by atoms with Crippen LogP contribution in [0, 0.1) is 0 Å². The molecule has 0 aliphatic carbocycles. The number of nitrogens with one attached hydrogen (secondary N) is 1. The molecule has 8 heteroatoms. The van der Waals surface area contributed by atoms with Gasteiger partial charge in [0.05, 0.1) is 16.2 Å². The van der Waals surface area contributed by atoms with Crippen molar-refractivity contribution in [2.24, 2.45) is 0 Å². The molecule has 1 aromatic carbocycles. The van der Waals surface area contributed by atoms with E-state index in [0.717, 1.165) is 17.0 Å². The van der Waals surface area contributed by atoms with E-state index in [-0.39, 0.29) is 6.04 Å². The molecule has 1 unspecified atom stereocenters. The molecule has 0 saturated carbocycles. The molecule has 1 atom stereocenters. The second-order valence-electron chi connectivity index (χ2n) is 5.10. The lowest BCUT2D eigenvalue weighted by atomic mass is 10.1. The molecular formula is C15H14Cl2N4O2. The predicted octanol–water partition coefficient (Wildman–Crippen LogP) is 3.48. The fraction of sp³-hybridized carbons (Fsp3) is 0.200. The Balaban J connectivity index is 1.91. The van der Waals surface area contributed by atoms with E-state index < -0.39 is 0 Å². The zero-order valence-electron chi connectivity index (χ0n) is 12.2. The Morgan fingerprint density at radius 3 is 2.87 bits per heavy atom. The number of hydrogen-bond donors (Lipinski definition) is 1. The van der Waals surface area contributed by atoms with Gasteiger partial charge in [0.1, 0.15) is 11.9 Å². The molecule has 2 heterocycles. The molecule has 0 spiro atoms. The van der Waals surface area contributed by atoms with E-state index in [0.29, 0.717) is 23.1 Å². The highest BCUT2D eigenvalue weighted by Crippen LogP contribution is 2.35. The van der Waals surface area contributed by atoms with E-state index in [9.17, 15) is 4.79 Å². The van der Waals surface area contributed by atoms with Crippen LogP contribution in [0.25, 0.3) is 0 Å². The number of hydrogen-bond acceptors (Lipinski definition) is 5. The number of carbonyl (C=O) groups is 1. The molecule has 23 heavy (non-hydrogen) atoms. The first-order chi connectivity index (χ1) is 11.1. The van der Waals surface area contributed by atoms with Gasteiger partial charge >= 0.3 is 6.47 Å². The van der Waals surface area contributed by atoms with Gasteiger partial charge < -0.3 is 9.82 Å². The minimum atomic E-state index is -0.167. The Morgan fingerprint density at radius 2 is 2.22 bits per heavy atom. The molecule has 0 bridgehead atoms. The number of imidazole rings is 1. The Bertz CT molecular complexity index is 733. The molecule has 0 fully saturated rings. The zero-order chi connectivity index (χ0) is 16.4. The molecule has 0 amide bonds. The molecule has 3 rings (SSSR count). The van der Waals surface area contributed by atoms with E-state index >= 15 is 0 Å². The van der Waals surface area contributed by atoms with E-state index in [1.165, 1.54) is 5.17 Å². The van der Waals surface area contributed by atoms with Crippen LogP contribution in [-0.4, -0.2) is 26.6 Å². The van der Waals surface area contributed by atoms with Crippen LogP contribution in [0.1, 0.15) is 24.4 Å². The largest absolute Gasteiger partial charge is 0.347 e. The van der Waals surface area contributed by atoms with Crippen molar-refractivity contribution >= 4 is 29.7 Å². The highest BCUT2D eigenvalue weighted by molar-refractivity contribution is 6.42. The summed E-state index contributed by atoms with van der Waals surface area (Å²) < 4.78 is 0. The molecular weight excluding hydrogens is 339 g/mol. The van der Waals surface area contributed by atoms with Gasteiger partial charge in [-0.2, -0.15) is 5.01 Å². The van der Waals surface area contributed by atoms with Gasteiger partial charge in [0.2, 0.25) is 0 Å². The first-order valence-corrected chi connectivity index (χ1v) is 7.63. The number of benzene rings is 1. The highest BCUT2D eigenvalue weighted by atomic mass is 35.5. The number of rotatable bonds is 5. The summed E-state index contributed by atoms with van der Waals surface area (Å²) in [5.74, 6) is 0.760. The second kappa shape index (κ2) is 6.62. The third kappa shape index (κ3) is 3.19. The first kappa shape index (κ1) is 15.9. The van der Waals surface area contributed by atoms with Crippen LogP contribution < -0.4 is 0 Å². The maximum Gasteiger partial charge on any atom is 0.322 e. The average Bonchev–Trinajstić information content (AvgIpc) is 3.12. The van der Waals surface area contributed by atoms with Crippen LogP contribution in [0.4, 0.5) is 0 Å². The van der Waals surface area contributed by atoms with Crippen LogP contribution in [0.15, 0.2) is 42.4 Å². The monoisotopic (exact) mass is 352 g/mol. The third-order valence-electron chi connectivity index (χ3n) is 3.55. The van der Waals surface area contributed by atoms with Crippen molar-refractivity contribution in [3.8, 4) is 0 Å². The SMILES string of the molecule is CC1=CN(OC=O)N(Cc2ccc(Cl)c(Cl)c2)C1c1ncc[nH]1. The summed E-state index contributed by atoms with van der Waals surface area (Å²) in [5, 5.41) is 4.24. The zero-order valence-corrected chi connectivity index (χ0v) is 13.8. The number of halogens is 2. The van der Waals surface area contributed by atoms with Crippen molar-refractivity contribution in [1.29, 1.82) is 0 Å². The number of hydrazine groups is 1. The van der Waals surface area contributed by atoms with Gasteiger partial charge in [0, 0.05) is 18.9 Å². The van der Waals surface area contributed by atoms with Gasteiger partial charge in [-0.1, -0.05) is 29.3 Å². The summed E-state index contributed by atoms with van der Waals surface area (Å²) in [7, 11) is 0. The summed E-state index contributed by atoms with van der Waals surface area (Å²) in [6, 6.07) is 5.23. The Kier molecular flexibility index (Phi) is 4.56. The smallest absolute Gasteiger partial charge is 0.322 e. The highest BCUT2D eigenvalue weighted by Gasteiger charge is 2.35. The van der Waals surface area contributed by atoms with Crippen LogP contribution >= 0.6 is 23.2 Å². The lowest BCUT2D eigenvalue weighted by molar-refractivity contribution is -0.232. The van der Waals surface area contributed by atoms with Crippen molar-refractivity contribution in [3.63, 3.8) is 0 Å². The van der Waals surface area contributed by atoms with Crippen LogP contribution in [0.2, 0.25) is 10.0 Å². The summed E-state index contributed by atoms with van der Waals surface area (Å²) in [4.78, 5) is 23.2. The van der Waals surface area contributed by atoms with Gasteiger partial charge in [-0.3, -0.25) is 4.79 Å². The van der Waals surface area contributed by atoms with Crippen molar-refractivity contribution in [1.82, 2.24) is 20.1 Å². The van der Waals surface area contributed by atoms with E-state index in [4.69, 9.17) is 28.0 Å². The number of H-pyrrole nitrogens is 1. The number of nitrogens with zero attached hydrogens (tertiary/aromatic N) is 3. The summed E-state index contributed by atoms with van der Waals surface area (Å²) in [6.45, 7) is 2.79. The Labute approximate surface area is 143 Å². The number of carbonyl (C=O) groups excluding carboxylic acids is 1. The summed E-state index contributed by atoms with van der Waals surface area (Å²) in [5.41, 5.74) is 1.92. The van der Waals surface area contributed by atoms with Crippen molar-refractivity contribution in [3.05, 3.63) is 63.8 Å². The minimum absolute atomic E-state index is 0.167. The third-order valence-corrected chi connectivity index (χ3v) is 4.29. The topological polar surface area (TPSA) is 61.5 Å². The fourth-order valence-electron chi connectivity index (χ4n) is 2.57. The maximum atomic E-state index is 10.8. The second-order valence-corrected chi connectivity index (χ2v) is 5.91. The molecule has 1 aliphatic rings. The van der Waals surface area contributed by atoms with Gasteiger partial charge in [-0.15, -0.1) is 5.17 Å². The molecule has 0 saturated heterocycles.